The van der Waals surface area contributed by atoms with E-state index in [1.807, 2.05) is 37.4 Å². The zero-order chi connectivity index (χ0) is 17.5. The Balaban J connectivity index is 1.82. The number of rotatable bonds is 5. The quantitative estimate of drug-likeness (QED) is 0.589. The van der Waals surface area contributed by atoms with E-state index in [-0.39, 0.29) is 0 Å². The van der Waals surface area contributed by atoms with Gasteiger partial charge in [-0.15, -0.1) is 0 Å². The summed E-state index contributed by atoms with van der Waals surface area (Å²) in [4.78, 5) is 4.27. The molecule has 0 spiro atoms. The van der Waals surface area contributed by atoms with Crippen LogP contribution < -0.4 is 9.80 Å². The fourth-order valence-electron chi connectivity index (χ4n) is 2.77. The van der Waals surface area contributed by atoms with Crippen molar-refractivity contribution >= 4 is 28.7 Å². The van der Waals surface area contributed by atoms with Gasteiger partial charge >= 0.3 is 0 Å². The summed E-state index contributed by atoms with van der Waals surface area (Å²) in [5.41, 5.74) is 3.52. The van der Waals surface area contributed by atoms with E-state index in [4.69, 9.17) is 12.2 Å². The molecule has 3 heteroatoms. The summed E-state index contributed by atoms with van der Waals surface area (Å²) in [6.45, 7) is 0.837. The Morgan fingerprint density at radius 3 is 1.76 bits per heavy atom. The van der Waals surface area contributed by atoms with Crippen molar-refractivity contribution in [2.75, 3.05) is 23.4 Å². The zero-order valence-corrected chi connectivity index (χ0v) is 15.2. The molecule has 0 N–H and O–H groups in total. The van der Waals surface area contributed by atoms with Crippen LogP contribution in [0.4, 0.5) is 11.4 Å². The second kappa shape index (κ2) is 8.45. The van der Waals surface area contributed by atoms with Gasteiger partial charge in [-0.2, -0.15) is 0 Å². The Kier molecular flexibility index (Phi) is 5.81. The highest BCUT2D eigenvalue weighted by atomic mass is 32.1. The van der Waals surface area contributed by atoms with E-state index >= 15 is 0 Å². The van der Waals surface area contributed by atoms with Crippen LogP contribution in [-0.2, 0) is 6.42 Å². The van der Waals surface area contributed by atoms with Crippen LogP contribution in [0.5, 0.6) is 0 Å². The van der Waals surface area contributed by atoms with Crippen LogP contribution in [0.15, 0.2) is 91.0 Å². The van der Waals surface area contributed by atoms with Crippen LogP contribution in [0, 0.1) is 0 Å². The molecule has 0 aliphatic rings. The van der Waals surface area contributed by atoms with Gasteiger partial charge in [0, 0.05) is 25.0 Å². The average molecular weight is 346 g/mol. The smallest absolute Gasteiger partial charge is 0.180 e. The monoisotopic (exact) mass is 346 g/mol. The zero-order valence-electron chi connectivity index (χ0n) is 14.4. The highest BCUT2D eigenvalue weighted by Crippen LogP contribution is 2.20. The summed E-state index contributed by atoms with van der Waals surface area (Å²) in [6, 6.07) is 31.1. The summed E-state index contributed by atoms with van der Waals surface area (Å²) in [5.74, 6) is 0. The molecule has 0 saturated heterocycles. The van der Waals surface area contributed by atoms with Gasteiger partial charge in [0.05, 0.1) is 0 Å². The molecule has 3 aromatic rings. The van der Waals surface area contributed by atoms with Crippen LogP contribution in [0.3, 0.4) is 0 Å². The summed E-state index contributed by atoms with van der Waals surface area (Å²) in [6.07, 6.45) is 0.943. The summed E-state index contributed by atoms with van der Waals surface area (Å²) >= 11 is 5.83. The van der Waals surface area contributed by atoms with Gasteiger partial charge in [0.25, 0.3) is 0 Å². The normalized spacial score (nSPS) is 10.3. The highest BCUT2D eigenvalue weighted by molar-refractivity contribution is 7.80. The second-order valence-electron chi connectivity index (χ2n) is 5.90. The Hall–Kier alpha value is -2.65. The predicted octanol–water partition coefficient (Wildman–Crippen LogP) is 5.16. The molecule has 3 rings (SSSR count). The molecule has 0 aliphatic heterocycles. The number of thiocarbonyl (C=S) groups is 1. The lowest BCUT2D eigenvalue weighted by Gasteiger charge is -2.31. The molecule has 25 heavy (non-hydrogen) atoms. The van der Waals surface area contributed by atoms with E-state index in [0.717, 1.165) is 29.5 Å². The van der Waals surface area contributed by atoms with E-state index in [9.17, 15) is 0 Å². The molecule has 0 amide bonds. The molecule has 0 aromatic heterocycles. The molecule has 0 atom stereocenters. The van der Waals surface area contributed by atoms with Gasteiger partial charge in [-0.25, -0.2) is 0 Å². The van der Waals surface area contributed by atoms with Gasteiger partial charge in [-0.3, -0.25) is 0 Å². The fraction of sp³-hybridized carbons (Fsp3) is 0.136. The van der Waals surface area contributed by atoms with Crippen molar-refractivity contribution in [3.8, 4) is 0 Å². The molecular formula is C22H22N2S. The molecule has 0 fully saturated rings. The fourth-order valence-corrected chi connectivity index (χ4v) is 3.07. The first-order chi connectivity index (χ1) is 12.3. The van der Waals surface area contributed by atoms with E-state index < -0.39 is 0 Å². The largest absolute Gasteiger partial charge is 0.322 e. The molecule has 0 bridgehead atoms. The third kappa shape index (κ3) is 4.46. The SMILES string of the molecule is CN(C(=S)N(CCc1ccccc1)c1ccccc1)c1ccccc1. The number of benzene rings is 3. The molecule has 3 aromatic carbocycles. The molecule has 0 heterocycles. The maximum absolute atomic E-state index is 5.83. The molecular weight excluding hydrogens is 324 g/mol. The molecule has 0 saturated carbocycles. The second-order valence-corrected chi connectivity index (χ2v) is 6.27. The van der Waals surface area contributed by atoms with Crippen LogP contribution in [0.2, 0.25) is 0 Å². The van der Waals surface area contributed by atoms with Crippen LogP contribution in [0.1, 0.15) is 5.56 Å². The van der Waals surface area contributed by atoms with Crippen molar-refractivity contribution in [1.29, 1.82) is 0 Å². The topological polar surface area (TPSA) is 6.48 Å². The number of para-hydroxylation sites is 2. The lowest BCUT2D eigenvalue weighted by atomic mass is 10.1. The molecule has 126 valence electrons. The predicted molar refractivity (Wildman–Crippen MR) is 111 cm³/mol. The van der Waals surface area contributed by atoms with Gasteiger partial charge in [0.15, 0.2) is 5.11 Å². The number of hydrogen-bond donors (Lipinski definition) is 0. The lowest BCUT2D eigenvalue weighted by molar-refractivity contribution is 0.928. The highest BCUT2D eigenvalue weighted by Gasteiger charge is 2.16. The van der Waals surface area contributed by atoms with Crippen molar-refractivity contribution in [2.45, 2.75) is 6.42 Å². The maximum atomic E-state index is 5.83. The third-order valence-corrected chi connectivity index (χ3v) is 4.69. The first kappa shape index (κ1) is 17.2. The first-order valence-corrected chi connectivity index (χ1v) is 8.86. The minimum atomic E-state index is 0.799. The number of hydrogen-bond acceptors (Lipinski definition) is 1. The molecule has 2 nitrogen and oxygen atoms in total. The van der Waals surface area contributed by atoms with Crippen molar-refractivity contribution in [3.63, 3.8) is 0 Å². The van der Waals surface area contributed by atoms with E-state index in [1.165, 1.54) is 5.56 Å². The average Bonchev–Trinajstić information content (AvgIpc) is 2.69. The van der Waals surface area contributed by atoms with Crippen LogP contribution in [0.25, 0.3) is 0 Å². The van der Waals surface area contributed by atoms with Crippen LogP contribution >= 0.6 is 12.2 Å². The van der Waals surface area contributed by atoms with Crippen molar-refractivity contribution in [2.24, 2.45) is 0 Å². The van der Waals surface area contributed by atoms with E-state index in [1.54, 1.807) is 0 Å². The Labute approximate surface area is 155 Å². The van der Waals surface area contributed by atoms with Gasteiger partial charge in [0.2, 0.25) is 0 Å². The van der Waals surface area contributed by atoms with E-state index in [2.05, 4.69) is 70.5 Å². The first-order valence-electron chi connectivity index (χ1n) is 8.45. The number of anilines is 2. The summed E-state index contributed by atoms with van der Waals surface area (Å²) in [7, 11) is 2.02. The summed E-state index contributed by atoms with van der Waals surface area (Å²) < 4.78 is 0. The molecule has 0 unspecified atom stereocenters. The molecule has 0 radical (unpaired) electrons. The van der Waals surface area contributed by atoms with Gasteiger partial charge in [-0.1, -0.05) is 66.7 Å². The summed E-state index contributed by atoms with van der Waals surface area (Å²) in [5, 5.41) is 0.799. The van der Waals surface area contributed by atoms with Crippen molar-refractivity contribution in [1.82, 2.24) is 0 Å². The number of nitrogens with zero attached hydrogens (tertiary/aromatic N) is 2. The minimum absolute atomic E-state index is 0.799. The van der Waals surface area contributed by atoms with Crippen molar-refractivity contribution < 1.29 is 0 Å². The third-order valence-electron chi connectivity index (χ3n) is 4.20. The molecule has 0 aliphatic carbocycles. The van der Waals surface area contributed by atoms with Gasteiger partial charge in [0.1, 0.15) is 0 Å². The standard InChI is InChI=1S/C22H22N2S/c1-23(20-13-7-3-8-14-20)22(25)24(21-15-9-4-10-16-21)18-17-19-11-5-2-6-12-19/h2-16H,17-18H2,1H3. The minimum Gasteiger partial charge on any atom is -0.322 e. The Bertz CT molecular complexity index is 788. The lowest BCUT2D eigenvalue weighted by Crippen LogP contribution is -2.42. The Morgan fingerprint density at radius 2 is 1.20 bits per heavy atom. The Morgan fingerprint density at radius 1 is 0.720 bits per heavy atom. The van der Waals surface area contributed by atoms with Gasteiger partial charge < -0.3 is 9.80 Å². The van der Waals surface area contributed by atoms with E-state index in [0.29, 0.717) is 0 Å². The van der Waals surface area contributed by atoms with Crippen LogP contribution in [-0.4, -0.2) is 18.7 Å². The van der Waals surface area contributed by atoms with Crippen molar-refractivity contribution in [3.05, 3.63) is 96.6 Å². The van der Waals surface area contributed by atoms with Gasteiger partial charge in [-0.05, 0) is 48.5 Å². The maximum Gasteiger partial charge on any atom is 0.180 e.